The molecule has 0 bridgehead atoms. The highest BCUT2D eigenvalue weighted by molar-refractivity contribution is 5.98. The minimum Gasteiger partial charge on any atom is -0.220 e. The number of hydrogen-bond donors (Lipinski definition) is 0. The molecule has 0 amide bonds. The Bertz CT molecular complexity index is 872. The summed E-state index contributed by atoms with van der Waals surface area (Å²) < 4.78 is 1.80. The third kappa shape index (κ3) is 1.52. The minimum absolute atomic E-state index is 0.928. The zero-order chi connectivity index (χ0) is 12.7. The van der Waals surface area contributed by atoms with Gasteiger partial charge in [0.1, 0.15) is 5.69 Å². The quantitative estimate of drug-likeness (QED) is 0.513. The lowest BCUT2D eigenvalue weighted by Gasteiger charge is -2.03. The summed E-state index contributed by atoms with van der Waals surface area (Å²) in [7, 11) is 0. The first kappa shape index (κ1) is 10.3. The predicted molar refractivity (Wildman–Crippen MR) is 75.9 cm³/mol. The summed E-state index contributed by atoms with van der Waals surface area (Å²) in [6.07, 6.45) is 1.91. The smallest absolute Gasteiger partial charge is 0.121 e. The number of rotatable bonds is 1. The molecule has 0 saturated heterocycles. The lowest BCUT2D eigenvalue weighted by atomic mass is 10.0. The van der Waals surface area contributed by atoms with Crippen molar-refractivity contribution in [3.05, 3.63) is 66.9 Å². The van der Waals surface area contributed by atoms with Gasteiger partial charge < -0.3 is 0 Å². The summed E-state index contributed by atoms with van der Waals surface area (Å²) in [6.45, 7) is 0. The Hall–Kier alpha value is -2.68. The van der Waals surface area contributed by atoms with Crippen LogP contribution >= 0.6 is 0 Å². The Morgan fingerprint density at radius 1 is 0.789 bits per heavy atom. The van der Waals surface area contributed by atoms with Gasteiger partial charge in [0.15, 0.2) is 0 Å². The first-order valence-corrected chi connectivity index (χ1v) is 6.22. The predicted octanol–water partition coefficient (Wildman–Crippen LogP) is 3.55. The Balaban J connectivity index is 2.10. The van der Waals surface area contributed by atoms with E-state index in [2.05, 4.69) is 52.8 Å². The van der Waals surface area contributed by atoms with Crippen LogP contribution in [0.4, 0.5) is 0 Å². The van der Waals surface area contributed by atoms with Crippen molar-refractivity contribution in [2.75, 3.05) is 0 Å². The lowest BCUT2D eigenvalue weighted by Crippen LogP contribution is -1.84. The number of hydrogen-bond acceptors (Lipinski definition) is 2. The highest BCUT2D eigenvalue weighted by Crippen LogP contribution is 2.29. The van der Waals surface area contributed by atoms with E-state index in [1.165, 1.54) is 10.8 Å². The van der Waals surface area contributed by atoms with Crippen LogP contribution in [0, 0.1) is 0 Å². The molecule has 0 radical (unpaired) electrons. The van der Waals surface area contributed by atoms with Crippen molar-refractivity contribution in [2.24, 2.45) is 0 Å². The van der Waals surface area contributed by atoms with Crippen molar-refractivity contribution in [3.8, 4) is 11.3 Å². The van der Waals surface area contributed by atoms with Gasteiger partial charge in [0.05, 0.1) is 5.52 Å². The van der Waals surface area contributed by atoms with Crippen LogP contribution in [0.3, 0.4) is 0 Å². The third-order valence-corrected chi connectivity index (χ3v) is 3.37. The Morgan fingerprint density at radius 3 is 2.63 bits per heavy atom. The third-order valence-electron chi connectivity index (χ3n) is 3.37. The summed E-state index contributed by atoms with van der Waals surface area (Å²) in [5, 5.41) is 10.9. The van der Waals surface area contributed by atoms with Gasteiger partial charge in [0.25, 0.3) is 0 Å². The molecule has 3 heteroatoms. The molecule has 0 fully saturated rings. The SMILES string of the molecule is c1ccc2c(-c3nnn4ccccc34)cccc2c1. The van der Waals surface area contributed by atoms with Gasteiger partial charge in [-0.25, -0.2) is 4.52 Å². The van der Waals surface area contributed by atoms with Crippen LogP contribution < -0.4 is 0 Å². The highest BCUT2D eigenvalue weighted by atomic mass is 15.4. The second-order valence-corrected chi connectivity index (χ2v) is 4.50. The van der Waals surface area contributed by atoms with Gasteiger partial charge in [-0.3, -0.25) is 0 Å². The van der Waals surface area contributed by atoms with Gasteiger partial charge >= 0.3 is 0 Å². The van der Waals surface area contributed by atoms with Gasteiger partial charge in [0.2, 0.25) is 0 Å². The van der Waals surface area contributed by atoms with Crippen molar-refractivity contribution >= 4 is 16.3 Å². The topological polar surface area (TPSA) is 30.2 Å². The molecule has 0 aliphatic rings. The first-order chi connectivity index (χ1) is 9.43. The molecule has 0 N–H and O–H groups in total. The number of pyridine rings is 1. The molecular weight excluding hydrogens is 234 g/mol. The summed E-state index contributed by atoms with van der Waals surface area (Å²) in [6, 6.07) is 20.6. The van der Waals surface area contributed by atoms with Gasteiger partial charge in [-0.1, -0.05) is 53.7 Å². The maximum Gasteiger partial charge on any atom is 0.121 e. The highest BCUT2D eigenvalue weighted by Gasteiger charge is 2.10. The molecule has 0 unspecified atom stereocenters. The van der Waals surface area contributed by atoms with Crippen LogP contribution in [0.5, 0.6) is 0 Å². The van der Waals surface area contributed by atoms with Gasteiger partial charge in [0, 0.05) is 11.8 Å². The largest absolute Gasteiger partial charge is 0.220 e. The molecule has 0 saturated carbocycles. The Labute approximate surface area is 110 Å². The molecule has 4 aromatic rings. The fraction of sp³-hybridized carbons (Fsp3) is 0. The molecule has 90 valence electrons. The van der Waals surface area contributed by atoms with E-state index >= 15 is 0 Å². The fourth-order valence-electron chi connectivity index (χ4n) is 2.47. The second-order valence-electron chi connectivity index (χ2n) is 4.50. The minimum atomic E-state index is 0.928. The van der Waals surface area contributed by atoms with Gasteiger partial charge in [-0.2, -0.15) is 0 Å². The molecule has 0 aliphatic carbocycles. The van der Waals surface area contributed by atoms with Crippen molar-refractivity contribution in [1.29, 1.82) is 0 Å². The molecule has 4 rings (SSSR count). The molecule has 2 heterocycles. The zero-order valence-electron chi connectivity index (χ0n) is 10.2. The average molecular weight is 245 g/mol. The molecule has 2 aromatic heterocycles. The number of aromatic nitrogens is 3. The molecule has 0 aliphatic heterocycles. The molecule has 2 aromatic carbocycles. The van der Waals surface area contributed by atoms with Crippen LogP contribution in [-0.4, -0.2) is 14.8 Å². The summed E-state index contributed by atoms with van der Waals surface area (Å²) >= 11 is 0. The fourth-order valence-corrected chi connectivity index (χ4v) is 2.47. The maximum absolute atomic E-state index is 4.33. The number of nitrogens with zero attached hydrogens (tertiary/aromatic N) is 3. The summed E-state index contributed by atoms with van der Waals surface area (Å²) in [4.78, 5) is 0. The monoisotopic (exact) mass is 245 g/mol. The maximum atomic E-state index is 4.33. The second kappa shape index (κ2) is 3.92. The zero-order valence-corrected chi connectivity index (χ0v) is 10.2. The van der Waals surface area contributed by atoms with Crippen LogP contribution in [-0.2, 0) is 0 Å². The standard InChI is InChI=1S/C16H11N3/c1-2-8-13-12(6-1)7-5-9-14(13)16-15-10-3-4-11-19(15)18-17-16/h1-11H. The molecule has 19 heavy (non-hydrogen) atoms. The average Bonchev–Trinajstić information content (AvgIpc) is 2.90. The van der Waals surface area contributed by atoms with Crippen LogP contribution in [0.25, 0.3) is 27.5 Å². The van der Waals surface area contributed by atoms with E-state index in [4.69, 9.17) is 0 Å². The Kier molecular flexibility index (Phi) is 2.12. The summed E-state index contributed by atoms with van der Waals surface area (Å²) in [5.74, 6) is 0. The normalized spacial score (nSPS) is 11.2. The van der Waals surface area contributed by atoms with E-state index in [0.29, 0.717) is 0 Å². The summed E-state index contributed by atoms with van der Waals surface area (Å²) in [5.41, 5.74) is 3.08. The molecule has 3 nitrogen and oxygen atoms in total. The van der Waals surface area contributed by atoms with E-state index in [1.54, 1.807) is 4.52 Å². The van der Waals surface area contributed by atoms with Crippen LogP contribution in [0.15, 0.2) is 66.9 Å². The molecular formula is C16H11N3. The van der Waals surface area contributed by atoms with Crippen molar-refractivity contribution in [1.82, 2.24) is 14.8 Å². The van der Waals surface area contributed by atoms with Crippen LogP contribution in [0.2, 0.25) is 0 Å². The molecule has 0 spiro atoms. The van der Waals surface area contributed by atoms with Gasteiger partial charge in [-0.15, -0.1) is 5.10 Å². The van der Waals surface area contributed by atoms with E-state index < -0.39 is 0 Å². The molecule has 0 atom stereocenters. The van der Waals surface area contributed by atoms with Crippen LogP contribution in [0.1, 0.15) is 0 Å². The van der Waals surface area contributed by atoms with E-state index in [9.17, 15) is 0 Å². The van der Waals surface area contributed by atoms with Crippen molar-refractivity contribution < 1.29 is 0 Å². The Morgan fingerprint density at radius 2 is 1.63 bits per heavy atom. The van der Waals surface area contributed by atoms with Gasteiger partial charge in [-0.05, 0) is 22.9 Å². The first-order valence-electron chi connectivity index (χ1n) is 6.22. The lowest BCUT2D eigenvalue weighted by molar-refractivity contribution is 0.857. The number of fused-ring (bicyclic) bond motifs is 2. The van der Waals surface area contributed by atoms with Crippen molar-refractivity contribution in [3.63, 3.8) is 0 Å². The van der Waals surface area contributed by atoms with E-state index in [1.807, 2.05) is 24.4 Å². The number of benzene rings is 2. The van der Waals surface area contributed by atoms with E-state index in [0.717, 1.165) is 16.8 Å². The van der Waals surface area contributed by atoms with E-state index in [-0.39, 0.29) is 0 Å². The van der Waals surface area contributed by atoms with Crippen molar-refractivity contribution in [2.45, 2.75) is 0 Å².